The van der Waals surface area contributed by atoms with Crippen molar-refractivity contribution in [3.8, 4) is 0 Å². The molecule has 2 N–H and O–H groups in total. The van der Waals surface area contributed by atoms with Gasteiger partial charge in [0.15, 0.2) is 5.69 Å². The fraction of sp³-hybridized carbons (Fsp3) is 0.692. The van der Waals surface area contributed by atoms with Crippen LogP contribution in [0.25, 0.3) is 0 Å². The second-order valence-corrected chi connectivity index (χ2v) is 5.25. The van der Waals surface area contributed by atoms with E-state index in [2.05, 4.69) is 10.5 Å². The van der Waals surface area contributed by atoms with Crippen LogP contribution in [-0.4, -0.2) is 28.8 Å². The molecule has 0 aliphatic heterocycles. The van der Waals surface area contributed by atoms with E-state index in [0.29, 0.717) is 11.7 Å². The number of rotatable bonds is 6. The summed E-state index contributed by atoms with van der Waals surface area (Å²) in [4.78, 5) is 11.9. The number of nitrogens with zero attached hydrogens (tertiary/aromatic N) is 1. The van der Waals surface area contributed by atoms with Gasteiger partial charge in [-0.15, -0.1) is 0 Å². The summed E-state index contributed by atoms with van der Waals surface area (Å²) in [6, 6.07) is 1.40. The number of nitrogens with one attached hydrogen (secondary N) is 1. The molecule has 0 spiro atoms. The topological polar surface area (TPSA) is 75.4 Å². The first-order valence-electron chi connectivity index (χ1n) is 6.32. The Labute approximate surface area is 108 Å². The van der Waals surface area contributed by atoms with Crippen molar-refractivity contribution in [3.05, 3.63) is 17.5 Å². The molecule has 0 saturated heterocycles. The van der Waals surface area contributed by atoms with E-state index in [1.807, 2.05) is 27.7 Å². The van der Waals surface area contributed by atoms with Crippen LogP contribution in [0.2, 0.25) is 0 Å². The third-order valence-corrected chi connectivity index (χ3v) is 2.64. The molecule has 0 saturated carbocycles. The lowest BCUT2D eigenvalue weighted by Gasteiger charge is -2.17. The van der Waals surface area contributed by atoms with Crippen LogP contribution in [0.1, 0.15) is 56.3 Å². The molecule has 0 aromatic carbocycles. The number of carbonyl (C=O) groups excluding carboxylic acids is 1. The molecule has 0 aliphatic carbocycles. The van der Waals surface area contributed by atoms with E-state index < -0.39 is 0 Å². The maximum Gasteiger partial charge on any atom is 0.273 e. The van der Waals surface area contributed by atoms with E-state index >= 15 is 0 Å². The van der Waals surface area contributed by atoms with E-state index in [1.165, 1.54) is 0 Å². The SMILES string of the molecule is CC(C)CC(CO)NC(=O)c1cc(C(C)C)on1. The molecule has 18 heavy (non-hydrogen) atoms. The predicted molar refractivity (Wildman–Crippen MR) is 68.4 cm³/mol. The number of hydrogen-bond acceptors (Lipinski definition) is 4. The van der Waals surface area contributed by atoms with Crippen molar-refractivity contribution in [2.24, 2.45) is 5.92 Å². The summed E-state index contributed by atoms with van der Waals surface area (Å²) in [5.74, 6) is 0.990. The lowest BCUT2D eigenvalue weighted by molar-refractivity contribution is 0.0899. The highest BCUT2D eigenvalue weighted by atomic mass is 16.5. The van der Waals surface area contributed by atoms with Gasteiger partial charge in [0.05, 0.1) is 12.6 Å². The van der Waals surface area contributed by atoms with Gasteiger partial charge in [0.2, 0.25) is 0 Å². The molecule has 1 aromatic heterocycles. The minimum atomic E-state index is -0.301. The third kappa shape index (κ3) is 4.14. The van der Waals surface area contributed by atoms with E-state index in [1.54, 1.807) is 6.07 Å². The molecule has 1 heterocycles. The van der Waals surface area contributed by atoms with Crippen LogP contribution in [-0.2, 0) is 0 Å². The van der Waals surface area contributed by atoms with Crippen LogP contribution in [0.5, 0.6) is 0 Å². The Bertz CT molecular complexity index is 385. The van der Waals surface area contributed by atoms with E-state index in [4.69, 9.17) is 4.52 Å². The van der Waals surface area contributed by atoms with Crippen molar-refractivity contribution in [1.82, 2.24) is 10.5 Å². The van der Waals surface area contributed by atoms with Gasteiger partial charge in [-0.1, -0.05) is 32.9 Å². The number of aliphatic hydroxyl groups excluding tert-OH is 1. The normalized spacial score (nSPS) is 13.1. The Hall–Kier alpha value is -1.36. The van der Waals surface area contributed by atoms with Crippen LogP contribution in [0.15, 0.2) is 10.6 Å². The summed E-state index contributed by atoms with van der Waals surface area (Å²) in [5.41, 5.74) is 0.265. The summed E-state index contributed by atoms with van der Waals surface area (Å²) in [7, 11) is 0. The molecule has 1 rings (SSSR count). The molecule has 0 radical (unpaired) electrons. The van der Waals surface area contributed by atoms with Crippen molar-refractivity contribution in [1.29, 1.82) is 0 Å². The van der Waals surface area contributed by atoms with Gasteiger partial charge in [-0.05, 0) is 12.3 Å². The molecule has 1 unspecified atom stereocenters. The van der Waals surface area contributed by atoms with Gasteiger partial charge in [-0.25, -0.2) is 0 Å². The van der Waals surface area contributed by atoms with Crippen LogP contribution in [0.3, 0.4) is 0 Å². The maximum absolute atomic E-state index is 11.9. The second-order valence-electron chi connectivity index (χ2n) is 5.25. The third-order valence-electron chi connectivity index (χ3n) is 2.64. The molecule has 0 aliphatic rings. The van der Waals surface area contributed by atoms with Crippen LogP contribution < -0.4 is 5.32 Å². The standard InChI is InChI=1S/C13H22N2O3/c1-8(2)5-10(7-16)14-13(17)11-6-12(9(3)4)18-15-11/h6,8-10,16H,5,7H2,1-4H3,(H,14,17). The molecular formula is C13H22N2O3. The van der Waals surface area contributed by atoms with Gasteiger partial charge in [-0.3, -0.25) is 4.79 Å². The number of aromatic nitrogens is 1. The fourth-order valence-corrected chi connectivity index (χ4v) is 1.68. The zero-order valence-corrected chi connectivity index (χ0v) is 11.4. The first kappa shape index (κ1) is 14.7. The monoisotopic (exact) mass is 254 g/mol. The molecule has 0 fully saturated rings. The quantitative estimate of drug-likeness (QED) is 0.813. The summed E-state index contributed by atoms with van der Waals surface area (Å²) in [6.07, 6.45) is 0.733. The molecule has 1 atom stereocenters. The zero-order chi connectivity index (χ0) is 13.7. The van der Waals surface area contributed by atoms with E-state index in [9.17, 15) is 9.90 Å². The highest BCUT2D eigenvalue weighted by Crippen LogP contribution is 2.15. The van der Waals surface area contributed by atoms with Gasteiger partial charge in [0.1, 0.15) is 5.76 Å². The maximum atomic E-state index is 11.9. The van der Waals surface area contributed by atoms with Crippen molar-refractivity contribution in [3.63, 3.8) is 0 Å². The summed E-state index contributed by atoms with van der Waals surface area (Å²) in [6.45, 7) is 7.96. The summed E-state index contributed by atoms with van der Waals surface area (Å²) < 4.78 is 5.07. The molecule has 5 nitrogen and oxygen atoms in total. The Morgan fingerprint density at radius 1 is 1.44 bits per heavy atom. The lowest BCUT2D eigenvalue weighted by Crippen LogP contribution is -2.38. The Kier molecular flexibility index (Phi) is 5.34. The average molecular weight is 254 g/mol. The largest absolute Gasteiger partial charge is 0.394 e. The zero-order valence-electron chi connectivity index (χ0n) is 11.4. The summed E-state index contributed by atoms with van der Waals surface area (Å²) in [5, 5.41) is 15.7. The first-order valence-corrected chi connectivity index (χ1v) is 6.32. The Morgan fingerprint density at radius 2 is 2.11 bits per heavy atom. The Morgan fingerprint density at radius 3 is 2.56 bits per heavy atom. The predicted octanol–water partition coefficient (Wildman–Crippen LogP) is 1.93. The van der Waals surface area contributed by atoms with Crippen molar-refractivity contribution >= 4 is 5.91 Å². The number of carbonyl (C=O) groups is 1. The summed E-state index contributed by atoms with van der Waals surface area (Å²) >= 11 is 0. The molecular weight excluding hydrogens is 232 g/mol. The molecule has 5 heteroatoms. The average Bonchev–Trinajstić information content (AvgIpc) is 2.76. The molecule has 102 valence electrons. The lowest BCUT2D eigenvalue weighted by atomic mass is 10.0. The second kappa shape index (κ2) is 6.54. The van der Waals surface area contributed by atoms with Crippen LogP contribution >= 0.6 is 0 Å². The van der Waals surface area contributed by atoms with Gasteiger partial charge >= 0.3 is 0 Å². The number of hydrogen-bond donors (Lipinski definition) is 2. The molecule has 1 aromatic rings. The number of amides is 1. The van der Waals surface area contributed by atoms with Gasteiger partial charge in [0.25, 0.3) is 5.91 Å². The molecule has 0 bridgehead atoms. The first-order chi connectivity index (χ1) is 8.43. The van der Waals surface area contributed by atoms with Gasteiger partial charge in [0, 0.05) is 12.0 Å². The smallest absolute Gasteiger partial charge is 0.273 e. The molecule has 1 amide bonds. The minimum Gasteiger partial charge on any atom is -0.394 e. The minimum absolute atomic E-state index is 0.0706. The van der Waals surface area contributed by atoms with Crippen LogP contribution in [0, 0.1) is 5.92 Å². The highest BCUT2D eigenvalue weighted by Gasteiger charge is 2.18. The van der Waals surface area contributed by atoms with Crippen molar-refractivity contribution in [2.45, 2.75) is 46.1 Å². The Balaban J connectivity index is 2.62. The van der Waals surface area contributed by atoms with Crippen molar-refractivity contribution in [2.75, 3.05) is 6.61 Å². The van der Waals surface area contributed by atoms with Gasteiger partial charge < -0.3 is 14.9 Å². The fourth-order valence-electron chi connectivity index (χ4n) is 1.68. The van der Waals surface area contributed by atoms with Crippen LogP contribution in [0.4, 0.5) is 0 Å². The van der Waals surface area contributed by atoms with E-state index in [0.717, 1.165) is 6.42 Å². The highest BCUT2D eigenvalue weighted by molar-refractivity contribution is 5.92. The number of aliphatic hydroxyl groups is 1. The van der Waals surface area contributed by atoms with E-state index in [-0.39, 0.29) is 30.2 Å². The van der Waals surface area contributed by atoms with Crippen molar-refractivity contribution < 1.29 is 14.4 Å². The van der Waals surface area contributed by atoms with Gasteiger partial charge in [-0.2, -0.15) is 0 Å².